The second-order valence-electron chi connectivity index (χ2n) is 3.99. The molecule has 1 saturated heterocycles. The van der Waals surface area contributed by atoms with Gasteiger partial charge in [0.05, 0.1) is 6.10 Å². The number of aliphatic hydroxyl groups excluding tert-OH is 1. The van der Waals surface area contributed by atoms with E-state index in [9.17, 15) is 0 Å². The molecule has 1 fully saturated rings. The van der Waals surface area contributed by atoms with Crippen molar-refractivity contribution < 1.29 is 5.11 Å². The van der Waals surface area contributed by atoms with Gasteiger partial charge >= 0.3 is 0 Å². The van der Waals surface area contributed by atoms with Gasteiger partial charge in [-0.2, -0.15) is 0 Å². The highest BCUT2D eigenvalue weighted by Gasteiger charge is 2.26. The van der Waals surface area contributed by atoms with E-state index in [1.54, 1.807) is 0 Å². The molecular weight excluding hydrogens is 138 g/mol. The molecule has 0 amide bonds. The minimum Gasteiger partial charge on any atom is -0.393 e. The summed E-state index contributed by atoms with van der Waals surface area (Å²) in [6, 6.07) is 0.561. The SMILES string of the molecule is CC(O)CC(C)N1CC(C)C1. The van der Waals surface area contributed by atoms with E-state index < -0.39 is 0 Å². The standard InChI is InChI=1S/C9H19NO/c1-7-5-10(6-7)8(2)4-9(3)11/h7-9,11H,4-6H2,1-3H3. The monoisotopic (exact) mass is 157 g/mol. The number of hydrogen-bond donors (Lipinski definition) is 1. The first kappa shape index (κ1) is 9.01. The van der Waals surface area contributed by atoms with E-state index in [1.807, 2.05) is 6.92 Å². The van der Waals surface area contributed by atoms with Crippen LogP contribution < -0.4 is 0 Å². The summed E-state index contributed by atoms with van der Waals surface area (Å²) in [6.45, 7) is 8.76. The second kappa shape index (κ2) is 3.55. The Labute approximate surface area is 69.2 Å². The van der Waals surface area contributed by atoms with E-state index in [0.717, 1.165) is 12.3 Å². The first-order valence-corrected chi connectivity index (χ1v) is 4.51. The Kier molecular flexibility index (Phi) is 2.90. The largest absolute Gasteiger partial charge is 0.393 e. The Morgan fingerprint density at radius 3 is 2.36 bits per heavy atom. The van der Waals surface area contributed by atoms with Crippen LogP contribution in [0.25, 0.3) is 0 Å². The normalized spacial score (nSPS) is 26.2. The number of aliphatic hydroxyl groups is 1. The predicted octanol–water partition coefficient (Wildman–Crippen LogP) is 1.10. The van der Waals surface area contributed by atoms with Gasteiger partial charge in [-0.05, 0) is 26.2 Å². The molecule has 0 bridgehead atoms. The molecule has 66 valence electrons. The Morgan fingerprint density at radius 2 is 2.00 bits per heavy atom. The van der Waals surface area contributed by atoms with Crippen LogP contribution in [-0.4, -0.2) is 35.2 Å². The zero-order valence-corrected chi connectivity index (χ0v) is 7.75. The molecule has 1 aliphatic heterocycles. The fourth-order valence-electron chi connectivity index (χ4n) is 1.75. The van der Waals surface area contributed by atoms with E-state index in [1.165, 1.54) is 13.1 Å². The van der Waals surface area contributed by atoms with Gasteiger partial charge in [-0.15, -0.1) is 0 Å². The Hall–Kier alpha value is -0.0800. The van der Waals surface area contributed by atoms with Crippen molar-refractivity contribution in [3.8, 4) is 0 Å². The molecule has 1 heterocycles. The van der Waals surface area contributed by atoms with Crippen LogP contribution in [0.1, 0.15) is 27.2 Å². The van der Waals surface area contributed by atoms with E-state index in [2.05, 4.69) is 18.7 Å². The molecule has 2 atom stereocenters. The van der Waals surface area contributed by atoms with Crippen LogP contribution in [0.5, 0.6) is 0 Å². The molecule has 0 aliphatic carbocycles. The first-order chi connectivity index (χ1) is 5.09. The summed E-state index contributed by atoms with van der Waals surface area (Å²) in [4.78, 5) is 2.43. The minimum atomic E-state index is -0.152. The molecular formula is C9H19NO. The maximum atomic E-state index is 9.13. The summed E-state index contributed by atoms with van der Waals surface area (Å²) < 4.78 is 0. The topological polar surface area (TPSA) is 23.5 Å². The van der Waals surface area contributed by atoms with Crippen molar-refractivity contribution in [1.29, 1.82) is 0 Å². The van der Waals surface area contributed by atoms with Gasteiger partial charge in [0.25, 0.3) is 0 Å². The third-order valence-electron chi connectivity index (χ3n) is 2.40. The van der Waals surface area contributed by atoms with Crippen molar-refractivity contribution >= 4 is 0 Å². The molecule has 0 aromatic heterocycles. The number of rotatable bonds is 3. The Balaban J connectivity index is 2.16. The fourth-order valence-corrected chi connectivity index (χ4v) is 1.75. The van der Waals surface area contributed by atoms with Crippen molar-refractivity contribution in [2.45, 2.75) is 39.3 Å². The highest BCUT2D eigenvalue weighted by Crippen LogP contribution is 2.19. The first-order valence-electron chi connectivity index (χ1n) is 4.51. The fraction of sp³-hybridized carbons (Fsp3) is 1.00. The lowest BCUT2D eigenvalue weighted by molar-refractivity contribution is 0.0426. The van der Waals surface area contributed by atoms with Gasteiger partial charge in [-0.25, -0.2) is 0 Å². The average molecular weight is 157 g/mol. The minimum absolute atomic E-state index is 0.152. The summed E-state index contributed by atoms with van der Waals surface area (Å²) in [7, 11) is 0. The highest BCUT2D eigenvalue weighted by molar-refractivity contribution is 4.81. The highest BCUT2D eigenvalue weighted by atomic mass is 16.3. The lowest BCUT2D eigenvalue weighted by Gasteiger charge is -2.42. The maximum absolute atomic E-state index is 9.13. The average Bonchev–Trinajstić information content (AvgIpc) is 1.79. The molecule has 1 aliphatic rings. The van der Waals surface area contributed by atoms with Crippen molar-refractivity contribution in [2.75, 3.05) is 13.1 Å². The van der Waals surface area contributed by atoms with Crippen LogP contribution in [0, 0.1) is 5.92 Å². The van der Waals surface area contributed by atoms with Crippen LogP contribution in [0.3, 0.4) is 0 Å². The van der Waals surface area contributed by atoms with Gasteiger partial charge in [-0.1, -0.05) is 6.92 Å². The van der Waals surface area contributed by atoms with E-state index >= 15 is 0 Å². The molecule has 1 N–H and O–H groups in total. The van der Waals surface area contributed by atoms with Gasteiger partial charge < -0.3 is 5.11 Å². The molecule has 1 rings (SSSR count). The summed E-state index contributed by atoms with van der Waals surface area (Å²) in [5.41, 5.74) is 0. The maximum Gasteiger partial charge on any atom is 0.0526 e. The van der Waals surface area contributed by atoms with Crippen LogP contribution in [0.4, 0.5) is 0 Å². The van der Waals surface area contributed by atoms with Crippen LogP contribution in [0.2, 0.25) is 0 Å². The second-order valence-corrected chi connectivity index (χ2v) is 3.99. The zero-order valence-electron chi connectivity index (χ0n) is 7.75. The van der Waals surface area contributed by atoms with Crippen LogP contribution in [0.15, 0.2) is 0 Å². The van der Waals surface area contributed by atoms with Gasteiger partial charge in [0.15, 0.2) is 0 Å². The lowest BCUT2D eigenvalue weighted by Crippen LogP contribution is -2.50. The van der Waals surface area contributed by atoms with E-state index in [4.69, 9.17) is 5.11 Å². The number of hydrogen-bond acceptors (Lipinski definition) is 2. The molecule has 0 aromatic carbocycles. The third-order valence-corrected chi connectivity index (χ3v) is 2.40. The summed E-state index contributed by atoms with van der Waals surface area (Å²) in [5, 5.41) is 9.13. The Morgan fingerprint density at radius 1 is 1.45 bits per heavy atom. The van der Waals surface area contributed by atoms with Crippen molar-refractivity contribution in [3.05, 3.63) is 0 Å². The van der Waals surface area contributed by atoms with Gasteiger partial charge in [0.1, 0.15) is 0 Å². The van der Waals surface area contributed by atoms with Gasteiger partial charge in [0, 0.05) is 19.1 Å². The smallest absolute Gasteiger partial charge is 0.0526 e. The van der Waals surface area contributed by atoms with Crippen molar-refractivity contribution in [3.63, 3.8) is 0 Å². The third kappa shape index (κ3) is 2.46. The quantitative estimate of drug-likeness (QED) is 0.663. The van der Waals surface area contributed by atoms with Crippen LogP contribution in [-0.2, 0) is 0 Å². The molecule has 0 spiro atoms. The van der Waals surface area contributed by atoms with E-state index in [-0.39, 0.29) is 6.10 Å². The van der Waals surface area contributed by atoms with Crippen molar-refractivity contribution in [1.82, 2.24) is 4.90 Å². The van der Waals surface area contributed by atoms with Crippen LogP contribution >= 0.6 is 0 Å². The molecule has 0 saturated carbocycles. The molecule has 2 unspecified atom stereocenters. The lowest BCUT2D eigenvalue weighted by atomic mass is 9.98. The number of likely N-dealkylation sites (tertiary alicyclic amines) is 1. The predicted molar refractivity (Wildman–Crippen MR) is 46.5 cm³/mol. The summed E-state index contributed by atoms with van der Waals surface area (Å²) >= 11 is 0. The molecule has 0 aromatic rings. The molecule has 11 heavy (non-hydrogen) atoms. The zero-order chi connectivity index (χ0) is 8.43. The van der Waals surface area contributed by atoms with Gasteiger partial charge in [0.2, 0.25) is 0 Å². The summed E-state index contributed by atoms with van der Waals surface area (Å²) in [5.74, 6) is 0.867. The molecule has 0 radical (unpaired) electrons. The van der Waals surface area contributed by atoms with Gasteiger partial charge in [-0.3, -0.25) is 4.90 Å². The Bertz CT molecular complexity index is 119. The summed E-state index contributed by atoms with van der Waals surface area (Å²) in [6.07, 6.45) is 0.758. The van der Waals surface area contributed by atoms with Crippen molar-refractivity contribution in [2.24, 2.45) is 5.92 Å². The molecule has 2 nitrogen and oxygen atoms in total. The van der Waals surface area contributed by atoms with E-state index in [0.29, 0.717) is 6.04 Å². The molecule has 2 heteroatoms. The number of nitrogens with zero attached hydrogens (tertiary/aromatic N) is 1.